The van der Waals surface area contributed by atoms with Crippen LogP contribution in [0, 0.1) is 35.3 Å². The highest BCUT2D eigenvalue weighted by atomic mass is 19.1. The smallest absolute Gasteiger partial charge is 0.289 e. The predicted octanol–water partition coefficient (Wildman–Crippen LogP) is 5.28. The summed E-state index contributed by atoms with van der Waals surface area (Å²) in [6.07, 6.45) is 3.21. The number of ether oxygens (including phenoxy) is 2. The summed E-state index contributed by atoms with van der Waals surface area (Å²) in [7, 11) is 0. The van der Waals surface area contributed by atoms with E-state index in [-0.39, 0.29) is 30.7 Å². The number of nitrogens with zero attached hydrogens (tertiary/aromatic N) is 3. The number of aliphatic imine (C=N–C) groups is 1. The number of hydrogen-bond donors (Lipinski definition) is 3. The number of pyridine rings is 1. The molecule has 0 aliphatic carbocycles. The van der Waals surface area contributed by atoms with Crippen LogP contribution in [0.15, 0.2) is 53.8 Å². The van der Waals surface area contributed by atoms with Crippen molar-refractivity contribution in [3.8, 4) is 28.7 Å². The summed E-state index contributed by atoms with van der Waals surface area (Å²) in [6.45, 7) is 4.11. The number of H-pyrrole nitrogens is 1. The first-order valence-corrected chi connectivity index (χ1v) is 11.5. The summed E-state index contributed by atoms with van der Waals surface area (Å²) in [5.74, 6) is -2.20. The van der Waals surface area contributed by atoms with E-state index in [9.17, 15) is 10.4 Å². The van der Waals surface area contributed by atoms with Gasteiger partial charge in [-0.05, 0) is 30.2 Å². The largest absolute Gasteiger partial charge is 0.464 e. The van der Waals surface area contributed by atoms with Crippen LogP contribution in [-0.2, 0) is 4.74 Å². The van der Waals surface area contributed by atoms with Gasteiger partial charge in [0.1, 0.15) is 18.0 Å². The van der Waals surface area contributed by atoms with Gasteiger partial charge in [-0.1, -0.05) is 19.1 Å². The molecule has 0 amide bonds. The number of aromatic nitrogens is 2. The number of aromatic amines is 1. The van der Waals surface area contributed by atoms with E-state index in [1.165, 1.54) is 12.3 Å². The first kappa shape index (κ1) is 24.2. The summed E-state index contributed by atoms with van der Waals surface area (Å²) in [6, 6.07) is 11.3. The van der Waals surface area contributed by atoms with E-state index in [2.05, 4.69) is 26.3 Å². The lowest BCUT2D eigenvalue weighted by molar-refractivity contribution is 0.0706. The molecular formula is C27H23F2N5O3. The number of amidine groups is 1. The molecule has 0 spiro atoms. The van der Waals surface area contributed by atoms with E-state index in [0.717, 1.165) is 23.3 Å². The molecule has 1 aliphatic rings. The number of fused-ring (bicyclic) bond motifs is 1. The van der Waals surface area contributed by atoms with Gasteiger partial charge in [0.05, 0.1) is 30.2 Å². The Morgan fingerprint density at radius 2 is 2.03 bits per heavy atom. The molecular weight excluding hydrogens is 480 g/mol. The summed E-state index contributed by atoms with van der Waals surface area (Å²) < 4.78 is 41.3. The molecule has 0 radical (unpaired) electrons. The fourth-order valence-electron chi connectivity index (χ4n) is 4.03. The quantitative estimate of drug-likeness (QED) is 0.341. The zero-order valence-electron chi connectivity index (χ0n) is 20.1. The number of halogens is 2. The van der Waals surface area contributed by atoms with Crippen molar-refractivity contribution in [3.63, 3.8) is 0 Å². The molecule has 0 bridgehead atoms. The lowest BCUT2D eigenvalue weighted by Gasteiger charge is -2.30. The lowest BCUT2D eigenvalue weighted by atomic mass is 9.93. The van der Waals surface area contributed by atoms with Gasteiger partial charge in [0, 0.05) is 41.2 Å². The maximum atomic E-state index is 15.0. The van der Waals surface area contributed by atoms with E-state index in [1.807, 2.05) is 19.9 Å². The number of anilines is 1. The maximum Gasteiger partial charge on any atom is 0.289 e. The number of aliphatic hydroxyl groups is 1. The predicted molar refractivity (Wildman–Crippen MR) is 134 cm³/mol. The summed E-state index contributed by atoms with van der Waals surface area (Å²) >= 11 is 0. The average molecular weight is 504 g/mol. The number of nitriles is 1. The Kier molecular flexibility index (Phi) is 6.23. The molecule has 8 nitrogen and oxygen atoms in total. The maximum absolute atomic E-state index is 15.0. The van der Waals surface area contributed by atoms with Crippen molar-refractivity contribution < 1.29 is 23.4 Å². The summed E-state index contributed by atoms with van der Waals surface area (Å²) in [4.78, 5) is 11.6. The molecule has 2 aromatic carbocycles. The number of hydrogen-bond acceptors (Lipinski definition) is 7. The molecule has 2 aromatic heterocycles. The van der Waals surface area contributed by atoms with Crippen molar-refractivity contribution in [2.45, 2.75) is 13.8 Å². The monoisotopic (exact) mass is 503 g/mol. The van der Waals surface area contributed by atoms with Crippen LogP contribution in [0.1, 0.15) is 18.1 Å². The van der Waals surface area contributed by atoms with Crippen LogP contribution in [-0.4, -0.2) is 40.9 Å². The van der Waals surface area contributed by atoms with Gasteiger partial charge in [0.15, 0.2) is 17.4 Å². The van der Waals surface area contributed by atoms with E-state index >= 15 is 8.78 Å². The molecule has 5 rings (SSSR count). The summed E-state index contributed by atoms with van der Waals surface area (Å²) in [5, 5.41) is 22.0. The third-order valence-corrected chi connectivity index (χ3v) is 6.20. The van der Waals surface area contributed by atoms with Gasteiger partial charge in [0.25, 0.3) is 6.02 Å². The van der Waals surface area contributed by atoms with Gasteiger partial charge in [-0.2, -0.15) is 5.26 Å². The third-order valence-electron chi connectivity index (χ3n) is 6.20. The van der Waals surface area contributed by atoms with Gasteiger partial charge in [-0.25, -0.2) is 18.8 Å². The molecule has 1 aliphatic heterocycles. The lowest BCUT2D eigenvalue weighted by Crippen LogP contribution is -2.38. The molecule has 0 saturated heterocycles. The highest BCUT2D eigenvalue weighted by molar-refractivity contribution is 5.98. The van der Waals surface area contributed by atoms with Crippen molar-refractivity contribution in [1.82, 2.24) is 9.97 Å². The Hall–Kier alpha value is -4.49. The van der Waals surface area contributed by atoms with Gasteiger partial charge in [-0.3, -0.25) is 0 Å². The minimum atomic E-state index is -0.921. The van der Waals surface area contributed by atoms with Crippen LogP contribution in [0.2, 0.25) is 0 Å². The van der Waals surface area contributed by atoms with Crippen LogP contribution in [0.4, 0.5) is 14.5 Å². The fourth-order valence-corrected chi connectivity index (χ4v) is 4.03. The van der Waals surface area contributed by atoms with E-state index < -0.39 is 22.8 Å². The number of rotatable bonds is 5. The van der Waals surface area contributed by atoms with E-state index in [1.54, 1.807) is 18.3 Å². The molecule has 0 fully saturated rings. The van der Waals surface area contributed by atoms with Crippen LogP contribution >= 0.6 is 0 Å². The minimum absolute atomic E-state index is 0.0883. The topological polar surface area (TPSA) is 116 Å². The zero-order chi connectivity index (χ0) is 26.2. The average Bonchev–Trinajstić information content (AvgIpc) is 3.33. The van der Waals surface area contributed by atoms with Crippen molar-refractivity contribution in [2.24, 2.45) is 10.4 Å². The standard InChI is InChI=1S/C27H23F2N5O3/c1-15-7-16(3-4-17(15)10-30)19-11-32-25-23(19)22(5-6-31-25)37-24-20(28)8-18(9-21(24)29)34-26-33-12-27(2,13-35)14-36-26/h3-9,11,35H,12-14H2,1-2H3,(H,31,32)(H,33,34)/t27-/m1/s1. The molecule has 3 N–H and O–H groups in total. The van der Waals surface area contributed by atoms with Crippen molar-refractivity contribution in [2.75, 3.05) is 25.1 Å². The van der Waals surface area contributed by atoms with Crippen molar-refractivity contribution in [3.05, 3.63) is 71.6 Å². The fraction of sp³-hybridized carbons (Fsp3) is 0.222. The van der Waals surface area contributed by atoms with Crippen LogP contribution in [0.5, 0.6) is 11.5 Å². The highest BCUT2D eigenvalue weighted by Gasteiger charge is 2.29. The number of nitrogens with one attached hydrogen (secondary N) is 2. The SMILES string of the molecule is Cc1cc(-c2c[nH]c3nccc(Oc4c(F)cc(NC5=NC[C@](C)(CO)CO5)cc4F)c23)ccc1C#N. The summed E-state index contributed by atoms with van der Waals surface area (Å²) in [5.41, 5.74) is 2.96. The molecule has 0 unspecified atom stereocenters. The first-order valence-electron chi connectivity index (χ1n) is 11.5. The Morgan fingerprint density at radius 3 is 2.68 bits per heavy atom. The molecule has 3 heterocycles. The highest BCUT2D eigenvalue weighted by Crippen LogP contribution is 2.39. The molecule has 1 atom stereocenters. The second kappa shape index (κ2) is 9.52. The Balaban J connectivity index is 1.45. The normalized spacial score (nSPS) is 17.1. The number of benzene rings is 2. The van der Waals surface area contributed by atoms with Gasteiger partial charge < -0.3 is 24.9 Å². The Bertz CT molecular complexity index is 1550. The van der Waals surface area contributed by atoms with Gasteiger partial charge in [0.2, 0.25) is 0 Å². The second-order valence-electron chi connectivity index (χ2n) is 9.25. The second-order valence-corrected chi connectivity index (χ2v) is 9.25. The van der Waals surface area contributed by atoms with Crippen molar-refractivity contribution >= 4 is 22.7 Å². The number of aliphatic hydroxyl groups excluding tert-OH is 1. The molecule has 4 aromatic rings. The molecule has 188 valence electrons. The molecule has 0 saturated carbocycles. The van der Waals surface area contributed by atoms with Crippen molar-refractivity contribution in [1.29, 1.82) is 5.26 Å². The Morgan fingerprint density at radius 1 is 1.24 bits per heavy atom. The van der Waals surface area contributed by atoms with Gasteiger partial charge >= 0.3 is 0 Å². The third kappa shape index (κ3) is 4.69. The van der Waals surface area contributed by atoms with Crippen LogP contribution < -0.4 is 10.1 Å². The zero-order valence-corrected chi connectivity index (χ0v) is 20.1. The molecule has 37 heavy (non-hydrogen) atoms. The van der Waals surface area contributed by atoms with E-state index in [0.29, 0.717) is 28.7 Å². The van der Waals surface area contributed by atoms with Gasteiger partial charge in [-0.15, -0.1) is 0 Å². The van der Waals surface area contributed by atoms with Crippen LogP contribution in [0.3, 0.4) is 0 Å². The van der Waals surface area contributed by atoms with E-state index in [4.69, 9.17) is 9.47 Å². The first-order chi connectivity index (χ1) is 17.8. The number of aryl methyl sites for hydroxylation is 1. The Labute approximate surface area is 211 Å². The molecule has 10 heteroatoms. The van der Waals surface area contributed by atoms with Crippen LogP contribution in [0.25, 0.3) is 22.2 Å². The minimum Gasteiger partial charge on any atom is -0.464 e.